The Morgan fingerprint density at radius 3 is 2.42 bits per heavy atom. The number of carboxylic acids is 1. The molecule has 1 saturated carbocycles. The van der Waals surface area contributed by atoms with Crippen molar-refractivity contribution in [1.29, 1.82) is 0 Å². The lowest BCUT2D eigenvalue weighted by molar-refractivity contribution is -0.142. The number of aliphatic carboxylic acids is 1. The molecule has 0 aromatic heterocycles. The smallest absolute Gasteiger partial charge is 0.330 e. The number of hydrogen-bond acceptors (Lipinski definition) is 3. The number of hydrogen-bond donors (Lipinski definition) is 2. The molecule has 2 fully saturated rings. The van der Waals surface area contributed by atoms with Crippen LogP contribution in [0.3, 0.4) is 0 Å². The van der Waals surface area contributed by atoms with Crippen LogP contribution < -0.4 is 5.32 Å². The molecule has 1 aromatic carbocycles. The van der Waals surface area contributed by atoms with Gasteiger partial charge in [-0.25, -0.2) is 4.79 Å². The van der Waals surface area contributed by atoms with Crippen LogP contribution >= 0.6 is 0 Å². The van der Waals surface area contributed by atoms with Gasteiger partial charge in [-0.1, -0.05) is 37.3 Å². The van der Waals surface area contributed by atoms with Gasteiger partial charge in [0.05, 0.1) is 5.92 Å². The summed E-state index contributed by atoms with van der Waals surface area (Å²) in [5.41, 5.74) is 0.524. The SMILES string of the molecule is CC1CCC(N2CC(C(=O)N[C@H](C(=O)O)c3ccccc3)CC2=O)CC1. The van der Waals surface area contributed by atoms with Crippen molar-refractivity contribution in [1.82, 2.24) is 10.2 Å². The predicted octanol–water partition coefficient (Wildman–Crippen LogP) is 2.36. The highest BCUT2D eigenvalue weighted by Gasteiger charge is 2.39. The van der Waals surface area contributed by atoms with E-state index < -0.39 is 17.9 Å². The molecule has 0 bridgehead atoms. The van der Waals surface area contributed by atoms with E-state index in [0.717, 1.165) is 25.7 Å². The van der Waals surface area contributed by atoms with Crippen molar-refractivity contribution in [3.63, 3.8) is 0 Å². The Morgan fingerprint density at radius 1 is 1.15 bits per heavy atom. The number of rotatable bonds is 5. The summed E-state index contributed by atoms with van der Waals surface area (Å²) < 4.78 is 0. The van der Waals surface area contributed by atoms with Crippen molar-refractivity contribution in [2.24, 2.45) is 11.8 Å². The zero-order chi connectivity index (χ0) is 18.7. The maximum absolute atomic E-state index is 12.6. The highest BCUT2D eigenvalue weighted by Crippen LogP contribution is 2.31. The summed E-state index contributed by atoms with van der Waals surface area (Å²) in [6.07, 6.45) is 4.37. The lowest BCUT2D eigenvalue weighted by atomic mass is 9.86. The molecule has 26 heavy (non-hydrogen) atoms. The second kappa shape index (κ2) is 7.89. The summed E-state index contributed by atoms with van der Waals surface area (Å²) >= 11 is 0. The van der Waals surface area contributed by atoms with Gasteiger partial charge in [0, 0.05) is 19.0 Å². The van der Waals surface area contributed by atoms with Crippen LogP contribution in [-0.2, 0) is 14.4 Å². The first-order valence-electron chi connectivity index (χ1n) is 9.33. The third-order valence-corrected chi connectivity index (χ3v) is 5.62. The van der Waals surface area contributed by atoms with Crippen molar-refractivity contribution >= 4 is 17.8 Å². The van der Waals surface area contributed by atoms with Crippen LogP contribution in [0.4, 0.5) is 0 Å². The van der Waals surface area contributed by atoms with Gasteiger partial charge < -0.3 is 15.3 Å². The summed E-state index contributed by atoms with van der Waals surface area (Å²) in [7, 11) is 0. The maximum Gasteiger partial charge on any atom is 0.330 e. The molecule has 3 rings (SSSR count). The molecule has 1 aliphatic carbocycles. The molecule has 6 nitrogen and oxygen atoms in total. The number of nitrogens with one attached hydrogen (secondary N) is 1. The second-order valence-electron chi connectivity index (χ2n) is 7.55. The first kappa shape index (κ1) is 18.4. The molecule has 2 atom stereocenters. The lowest BCUT2D eigenvalue weighted by Crippen LogP contribution is -2.41. The molecule has 1 aromatic rings. The minimum atomic E-state index is -1.10. The zero-order valence-corrected chi connectivity index (χ0v) is 15.1. The molecule has 1 aliphatic heterocycles. The van der Waals surface area contributed by atoms with Crippen molar-refractivity contribution < 1.29 is 19.5 Å². The molecular formula is C20H26N2O4. The van der Waals surface area contributed by atoms with Crippen LogP contribution in [0.25, 0.3) is 0 Å². The van der Waals surface area contributed by atoms with Crippen molar-refractivity contribution in [2.45, 2.75) is 51.1 Å². The van der Waals surface area contributed by atoms with Gasteiger partial charge in [-0.15, -0.1) is 0 Å². The standard InChI is InChI=1S/C20H26N2O4/c1-13-7-9-16(10-8-13)22-12-15(11-17(22)23)19(24)21-18(20(25)26)14-5-3-2-4-6-14/h2-6,13,15-16,18H,7-12H2,1H3,(H,21,24)(H,25,26)/t13?,15?,16?,18-/m0/s1. The van der Waals surface area contributed by atoms with E-state index in [1.54, 1.807) is 30.3 Å². The van der Waals surface area contributed by atoms with Gasteiger partial charge in [-0.3, -0.25) is 9.59 Å². The van der Waals surface area contributed by atoms with Gasteiger partial charge in [0.1, 0.15) is 0 Å². The summed E-state index contributed by atoms with van der Waals surface area (Å²) in [4.78, 5) is 38.4. The summed E-state index contributed by atoms with van der Waals surface area (Å²) in [6, 6.07) is 7.75. The summed E-state index contributed by atoms with van der Waals surface area (Å²) in [5, 5.41) is 12.1. The fraction of sp³-hybridized carbons (Fsp3) is 0.550. The normalized spacial score (nSPS) is 27.2. The Hall–Kier alpha value is -2.37. The average Bonchev–Trinajstić information content (AvgIpc) is 3.02. The monoisotopic (exact) mass is 358 g/mol. The Bertz CT molecular complexity index is 668. The van der Waals surface area contributed by atoms with Gasteiger partial charge in [0.15, 0.2) is 6.04 Å². The minimum absolute atomic E-state index is 0.0105. The fourth-order valence-corrected chi connectivity index (χ4v) is 4.01. The Morgan fingerprint density at radius 2 is 1.81 bits per heavy atom. The Labute approximate surface area is 153 Å². The number of benzene rings is 1. The van der Waals surface area contributed by atoms with Crippen molar-refractivity contribution in [3.8, 4) is 0 Å². The fourth-order valence-electron chi connectivity index (χ4n) is 4.01. The van der Waals surface area contributed by atoms with Crippen LogP contribution in [0, 0.1) is 11.8 Å². The van der Waals surface area contributed by atoms with Crippen molar-refractivity contribution in [3.05, 3.63) is 35.9 Å². The second-order valence-corrected chi connectivity index (χ2v) is 7.55. The number of carboxylic acid groups (broad SMARTS) is 1. The number of carbonyl (C=O) groups is 3. The van der Waals surface area contributed by atoms with Crippen LogP contribution in [-0.4, -0.2) is 40.4 Å². The maximum atomic E-state index is 12.6. The van der Waals surface area contributed by atoms with Crippen LogP contribution in [0.15, 0.2) is 30.3 Å². The molecule has 140 valence electrons. The highest BCUT2D eigenvalue weighted by atomic mass is 16.4. The molecule has 2 amide bonds. The first-order chi connectivity index (χ1) is 12.5. The van der Waals surface area contributed by atoms with E-state index >= 15 is 0 Å². The van der Waals surface area contributed by atoms with E-state index in [1.165, 1.54) is 0 Å². The van der Waals surface area contributed by atoms with Crippen molar-refractivity contribution in [2.75, 3.05) is 6.54 Å². The molecule has 2 N–H and O–H groups in total. The van der Waals surface area contributed by atoms with Gasteiger partial charge in [-0.2, -0.15) is 0 Å². The largest absolute Gasteiger partial charge is 0.479 e. The number of nitrogens with zero attached hydrogens (tertiary/aromatic N) is 1. The molecule has 0 spiro atoms. The minimum Gasteiger partial charge on any atom is -0.479 e. The Kier molecular flexibility index (Phi) is 5.59. The molecule has 1 unspecified atom stereocenters. The van der Waals surface area contributed by atoms with Gasteiger partial charge >= 0.3 is 5.97 Å². The van der Waals surface area contributed by atoms with E-state index in [0.29, 0.717) is 18.0 Å². The van der Waals surface area contributed by atoms with Gasteiger partial charge in [0.25, 0.3) is 0 Å². The molecular weight excluding hydrogens is 332 g/mol. The number of amides is 2. The van der Waals surface area contributed by atoms with E-state index in [4.69, 9.17) is 0 Å². The molecule has 1 saturated heterocycles. The average molecular weight is 358 g/mol. The third-order valence-electron chi connectivity index (χ3n) is 5.62. The van der Waals surface area contributed by atoms with Crippen LogP contribution in [0.2, 0.25) is 0 Å². The lowest BCUT2D eigenvalue weighted by Gasteiger charge is -2.33. The van der Waals surface area contributed by atoms with E-state index in [-0.39, 0.29) is 24.3 Å². The molecule has 6 heteroatoms. The summed E-state index contributed by atoms with van der Waals surface area (Å²) in [5.74, 6) is -1.23. The first-order valence-corrected chi connectivity index (χ1v) is 9.33. The molecule has 1 heterocycles. The molecule has 0 radical (unpaired) electrons. The zero-order valence-electron chi connectivity index (χ0n) is 15.1. The van der Waals surface area contributed by atoms with Crippen LogP contribution in [0.5, 0.6) is 0 Å². The van der Waals surface area contributed by atoms with Gasteiger partial charge in [0.2, 0.25) is 11.8 Å². The quantitative estimate of drug-likeness (QED) is 0.846. The van der Waals surface area contributed by atoms with E-state index in [2.05, 4.69) is 12.2 Å². The predicted molar refractivity (Wildman–Crippen MR) is 96.2 cm³/mol. The third kappa shape index (κ3) is 4.06. The van der Waals surface area contributed by atoms with E-state index in [1.807, 2.05) is 4.90 Å². The number of carbonyl (C=O) groups excluding carboxylic acids is 2. The topological polar surface area (TPSA) is 86.7 Å². The molecule has 2 aliphatic rings. The summed E-state index contributed by atoms with van der Waals surface area (Å²) in [6.45, 7) is 2.62. The Balaban J connectivity index is 1.63. The van der Waals surface area contributed by atoms with Crippen LogP contribution in [0.1, 0.15) is 50.6 Å². The van der Waals surface area contributed by atoms with E-state index in [9.17, 15) is 19.5 Å². The van der Waals surface area contributed by atoms with Gasteiger partial charge in [-0.05, 0) is 37.2 Å². The highest BCUT2D eigenvalue weighted by molar-refractivity contribution is 5.91. The number of likely N-dealkylation sites (tertiary alicyclic amines) is 1.